The fourth-order valence-corrected chi connectivity index (χ4v) is 4.25. The van der Waals surface area contributed by atoms with Crippen LogP contribution in [0.3, 0.4) is 0 Å². The summed E-state index contributed by atoms with van der Waals surface area (Å²) in [5.41, 5.74) is 7.29. The minimum atomic E-state index is -0.453. The van der Waals surface area contributed by atoms with Crippen molar-refractivity contribution in [1.82, 2.24) is 10.4 Å². The molecule has 0 aliphatic carbocycles. The van der Waals surface area contributed by atoms with Crippen molar-refractivity contribution in [2.45, 2.75) is 12.3 Å². The molecule has 5 rings (SSSR count). The fourth-order valence-electron chi connectivity index (χ4n) is 3.74. The Kier molecular flexibility index (Phi) is 4.73. The van der Waals surface area contributed by atoms with Crippen molar-refractivity contribution >= 4 is 38.9 Å². The molecule has 2 atom stereocenters. The van der Waals surface area contributed by atoms with E-state index in [1.54, 1.807) is 12.1 Å². The molecule has 0 spiro atoms. The summed E-state index contributed by atoms with van der Waals surface area (Å²) in [4.78, 5) is 10.6. The van der Waals surface area contributed by atoms with E-state index in [1.807, 2.05) is 47.5 Å². The van der Waals surface area contributed by atoms with Crippen molar-refractivity contribution in [3.63, 3.8) is 0 Å². The van der Waals surface area contributed by atoms with Crippen molar-refractivity contribution in [3.05, 3.63) is 109 Å². The van der Waals surface area contributed by atoms with Gasteiger partial charge in [0.2, 0.25) is 0 Å². The fraction of sp³-hybridized carbons (Fsp3) is 0.0909. The van der Waals surface area contributed by atoms with Crippen molar-refractivity contribution in [2.24, 2.45) is 0 Å². The van der Waals surface area contributed by atoms with Crippen LogP contribution in [0, 0.1) is 10.1 Å². The van der Waals surface area contributed by atoms with E-state index in [0.717, 1.165) is 32.6 Å². The van der Waals surface area contributed by atoms with Crippen molar-refractivity contribution in [1.29, 1.82) is 0 Å². The number of ether oxygens (including phenoxy) is 1. The van der Waals surface area contributed by atoms with Crippen LogP contribution in [0.25, 0.3) is 5.70 Å². The topological polar surface area (TPSA) is 67.6 Å². The number of hydrogen-bond donors (Lipinski definition) is 1. The number of hydrogen-bond acceptors (Lipinski definition) is 5. The Labute approximate surface area is 186 Å². The molecule has 0 bridgehead atoms. The lowest BCUT2D eigenvalue weighted by Gasteiger charge is -2.39. The number of rotatable bonds is 3. The first-order chi connectivity index (χ1) is 14.5. The maximum Gasteiger partial charge on any atom is 0.269 e. The van der Waals surface area contributed by atoms with Crippen LogP contribution < -0.4 is 10.2 Å². The molecule has 2 aliphatic rings. The van der Waals surface area contributed by atoms with E-state index in [4.69, 9.17) is 16.3 Å². The molecule has 30 heavy (non-hydrogen) atoms. The average Bonchev–Trinajstić information content (AvgIpc) is 3.19. The monoisotopic (exact) mass is 483 g/mol. The summed E-state index contributed by atoms with van der Waals surface area (Å²) < 4.78 is 7.27. The molecule has 0 radical (unpaired) electrons. The lowest BCUT2D eigenvalue weighted by atomic mass is 10.0. The quantitative estimate of drug-likeness (QED) is 0.364. The molecule has 2 aliphatic heterocycles. The lowest BCUT2D eigenvalue weighted by molar-refractivity contribution is -0.384. The number of non-ortho nitro benzene ring substituents is 1. The van der Waals surface area contributed by atoms with Gasteiger partial charge in [0.05, 0.1) is 16.7 Å². The molecule has 3 aromatic rings. The Balaban J connectivity index is 1.56. The number of fused-ring (bicyclic) bond motifs is 3. The summed E-state index contributed by atoms with van der Waals surface area (Å²) in [6, 6.07) is 19.9. The van der Waals surface area contributed by atoms with Crippen LogP contribution in [-0.2, 0) is 0 Å². The van der Waals surface area contributed by atoms with Gasteiger partial charge in [0.25, 0.3) is 5.69 Å². The first-order valence-corrected chi connectivity index (χ1v) is 10.4. The number of nitrogens with one attached hydrogen (secondary N) is 1. The third-order valence-corrected chi connectivity index (χ3v) is 5.95. The molecule has 2 heterocycles. The number of halogens is 2. The van der Waals surface area contributed by atoms with Crippen LogP contribution in [0.5, 0.6) is 5.75 Å². The second kappa shape index (κ2) is 7.43. The largest absolute Gasteiger partial charge is 0.469 e. The zero-order valence-electron chi connectivity index (χ0n) is 15.5. The van der Waals surface area contributed by atoms with Gasteiger partial charge in [-0.1, -0.05) is 39.7 Å². The first-order valence-electron chi connectivity index (χ1n) is 9.23. The van der Waals surface area contributed by atoms with Crippen LogP contribution in [0.15, 0.2) is 77.3 Å². The number of benzene rings is 3. The van der Waals surface area contributed by atoms with Crippen LogP contribution in [0.4, 0.5) is 5.69 Å². The van der Waals surface area contributed by atoms with Gasteiger partial charge >= 0.3 is 0 Å². The Hall–Kier alpha value is -2.87. The number of nitrogens with zero attached hydrogens (tertiary/aromatic N) is 2. The molecule has 8 heteroatoms. The molecule has 0 aromatic heterocycles. The minimum Gasteiger partial charge on any atom is -0.469 e. The van der Waals surface area contributed by atoms with Crippen LogP contribution in [-0.4, -0.2) is 9.93 Å². The summed E-state index contributed by atoms with van der Waals surface area (Å²) in [6.07, 6.45) is 1.70. The average molecular weight is 485 g/mol. The van der Waals surface area contributed by atoms with E-state index in [0.29, 0.717) is 5.02 Å². The van der Waals surface area contributed by atoms with E-state index >= 15 is 0 Å². The highest BCUT2D eigenvalue weighted by atomic mass is 79.9. The predicted molar refractivity (Wildman–Crippen MR) is 118 cm³/mol. The van der Waals surface area contributed by atoms with Crippen molar-refractivity contribution < 1.29 is 9.66 Å². The SMILES string of the molecule is O=[N+]([O-])c1ccc(C2Oc3ccc(Br)cc3C3C=C(c4ccc(Cl)cc4)NN32)cc1. The van der Waals surface area contributed by atoms with Crippen molar-refractivity contribution in [2.75, 3.05) is 0 Å². The summed E-state index contributed by atoms with van der Waals surface area (Å²) in [5.74, 6) is 0.776. The van der Waals surface area contributed by atoms with Gasteiger partial charge in [-0.3, -0.25) is 10.1 Å². The van der Waals surface area contributed by atoms with Crippen LogP contribution in [0.1, 0.15) is 29.0 Å². The highest BCUT2D eigenvalue weighted by Crippen LogP contribution is 2.46. The van der Waals surface area contributed by atoms with E-state index in [1.165, 1.54) is 12.1 Å². The third-order valence-electron chi connectivity index (χ3n) is 5.20. The predicted octanol–water partition coefficient (Wildman–Crippen LogP) is 6.00. The van der Waals surface area contributed by atoms with Crippen molar-refractivity contribution in [3.8, 4) is 5.75 Å². The third kappa shape index (κ3) is 3.35. The Morgan fingerprint density at radius 2 is 1.80 bits per heavy atom. The molecule has 6 nitrogen and oxygen atoms in total. The van der Waals surface area contributed by atoms with Gasteiger partial charge in [-0.15, -0.1) is 0 Å². The molecule has 0 saturated heterocycles. The maximum absolute atomic E-state index is 11.0. The Morgan fingerprint density at radius 1 is 1.07 bits per heavy atom. The molecule has 2 unspecified atom stereocenters. The highest BCUT2D eigenvalue weighted by molar-refractivity contribution is 9.10. The normalized spacial score (nSPS) is 19.9. The van der Waals surface area contributed by atoms with Gasteiger partial charge in [0.1, 0.15) is 5.75 Å². The molecule has 150 valence electrons. The maximum atomic E-state index is 11.0. The van der Waals surface area contributed by atoms with Gasteiger partial charge in [-0.2, -0.15) is 5.01 Å². The smallest absolute Gasteiger partial charge is 0.269 e. The number of nitro groups is 1. The standard InChI is InChI=1S/C22H15BrClN3O3/c23-15-5-10-21-18(11-15)20-12-19(13-1-6-16(24)7-2-13)25-26(20)22(30-21)14-3-8-17(9-4-14)27(28)29/h1-12,20,22,25H. The van der Waals surface area contributed by atoms with Gasteiger partial charge in [-0.05, 0) is 54.1 Å². The van der Waals surface area contributed by atoms with Gasteiger partial charge in [0, 0.05) is 32.8 Å². The van der Waals surface area contributed by atoms with E-state index < -0.39 is 11.2 Å². The zero-order chi connectivity index (χ0) is 20.8. The van der Waals surface area contributed by atoms with Crippen LogP contribution >= 0.6 is 27.5 Å². The summed E-state index contributed by atoms with van der Waals surface area (Å²) in [6.45, 7) is 0. The van der Waals surface area contributed by atoms with E-state index in [-0.39, 0.29) is 11.7 Å². The molecule has 1 N–H and O–H groups in total. The van der Waals surface area contributed by atoms with Gasteiger partial charge in [0.15, 0.2) is 6.23 Å². The highest BCUT2D eigenvalue weighted by Gasteiger charge is 2.40. The zero-order valence-corrected chi connectivity index (χ0v) is 17.8. The summed E-state index contributed by atoms with van der Waals surface area (Å²) in [7, 11) is 0. The molecule has 0 fully saturated rings. The van der Waals surface area contributed by atoms with Gasteiger partial charge in [-0.25, -0.2) is 0 Å². The summed E-state index contributed by atoms with van der Waals surface area (Å²) >= 11 is 9.58. The number of hydrazine groups is 1. The lowest BCUT2D eigenvalue weighted by Crippen LogP contribution is -2.43. The second-order valence-electron chi connectivity index (χ2n) is 7.05. The molecular weight excluding hydrogens is 470 g/mol. The molecule has 3 aromatic carbocycles. The molecular formula is C22H15BrClN3O3. The second-order valence-corrected chi connectivity index (χ2v) is 8.40. The first kappa shape index (κ1) is 19.1. The van der Waals surface area contributed by atoms with Crippen LogP contribution in [0.2, 0.25) is 5.02 Å². The Bertz CT molecular complexity index is 1170. The summed E-state index contributed by atoms with van der Waals surface area (Å²) in [5, 5.41) is 13.7. The molecule has 0 amide bonds. The van der Waals surface area contributed by atoms with Gasteiger partial charge < -0.3 is 10.2 Å². The van der Waals surface area contributed by atoms with E-state index in [9.17, 15) is 10.1 Å². The van der Waals surface area contributed by atoms with E-state index in [2.05, 4.69) is 27.4 Å². The molecule has 0 saturated carbocycles. The number of nitro benzene ring substituents is 1. The minimum absolute atomic E-state index is 0.0461. The Morgan fingerprint density at radius 3 is 2.50 bits per heavy atom.